The van der Waals surface area contributed by atoms with Gasteiger partial charge in [-0.25, -0.2) is 0 Å². The van der Waals surface area contributed by atoms with Crippen molar-refractivity contribution in [2.24, 2.45) is 0 Å². The summed E-state index contributed by atoms with van der Waals surface area (Å²) in [4.78, 5) is 3.15. The minimum absolute atomic E-state index is 0.718. The molecule has 1 aromatic heterocycles. The first-order valence-electron chi connectivity index (χ1n) is 6.60. The Labute approximate surface area is 123 Å². The van der Waals surface area contributed by atoms with E-state index in [1.807, 2.05) is 24.4 Å². The van der Waals surface area contributed by atoms with Gasteiger partial charge in [0, 0.05) is 11.8 Å². The molecular formula is C17H16N2S. The Morgan fingerprint density at radius 1 is 1.00 bits per heavy atom. The summed E-state index contributed by atoms with van der Waals surface area (Å²) in [6.07, 6.45) is 1.97. The first-order valence-corrected chi connectivity index (χ1v) is 7.01. The summed E-state index contributed by atoms with van der Waals surface area (Å²) in [6.45, 7) is 4.22. The van der Waals surface area contributed by atoms with E-state index in [0.717, 1.165) is 21.7 Å². The van der Waals surface area contributed by atoms with E-state index in [1.54, 1.807) is 0 Å². The molecule has 0 fully saturated rings. The van der Waals surface area contributed by atoms with Crippen LogP contribution in [-0.2, 0) is 0 Å². The van der Waals surface area contributed by atoms with Gasteiger partial charge in [-0.3, -0.25) is 4.57 Å². The van der Waals surface area contributed by atoms with Crippen LogP contribution in [0.4, 0.5) is 0 Å². The van der Waals surface area contributed by atoms with Gasteiger partial charge in [-0.15, -0.1) is 0 Å². The van der Waals surface area contributed by atoms with Crippen molar-refractivity contribution in [2.75, 3.05) is 0 Å². The highest BCUT2D eigenvalue weighted by Gasteiger charge is 2.10. The van der Waals surface area contributed by atoms with Gasteiger partial charge in [0.25, 0.3) is 0 Å². The van der Waals surface area contributed by atoms with Gasteiger partial charge in [-0.2, -0.15) is 0 Å². The van der Waals surface area contributed by atoms with Crippen molar-refractivity contribution >= 4 is 12.2 Å². The summed E-state index contributed by atoms with van der Waals surface area (Å²) < 4.78 is 2.82. The van der Waals surface area contributed by atoms with Gasteiger partial charge in [0.15, 0.2) is 4.77 Å². The van der Waals surface area contributed by atoms with Gasteiger partial charge in [-0.1, -0.05) is 48.0 Å². The Hall–Kier alpha value is -2.13. The molecule has 1 heterocycles. The van der Waals surface area contributed by atoms with E-state index < -0.39 is 0 Å². The molecule has 0 aliphatic rings. The summed E-state index contributed by atoms with van der Waals surface area (Å²) in [5, 5.41) is 0. The first-order chi connectivity index (χ1) is 9.66. The Bertz CT molecular complexity index is 797. The lowest BCUT2D eigenvalue weighted by atomic mass is 10.1. The zero-order chi connectivity index (χ0) is 14.1. The average molecular weight is 280 g/mol. The Kier molecular flexibility index (Phi) is 3.28. The first kappa shape index (κ1) is 12.9. The van der Waals surface area contributed by atoms with E-state index in [1.165, 1.54) is 11.1 Å². The molecule has 3 aromatic rings. The normalized spacial score (nSPS) is 10.7. The molecule has 0 aliphatic carbocycles. The lowest BCUT2D eigenvalue weighted by Gasteiger charge is -2.12. The second-order valence-corrected chi connectivity index (χ2v) is 5.36. The topological polar surface area (TPSA) is 20.7 Å². The van der Waals surface area contributed by atoms with Crippen LogP contribution >= 0.6 is 12.2 Å². The van der Waals surface area contributed by atoms with Gasteiger partial charge in [0.05, 0.1) is 11.4 Å². The van der Waals surface area contributed by atoms with Crippen LogP contribution in [0.5, 0.6) is 0 Å². The third-order valence-electron chi connectivity index (χ3n) is 3.44. The molecule has 0 radical (unpaired) electrons. The van der Waals surface area contributed by atoms with E-state index in [9.17, 15) is 0 Å². The lowest BCUT2D eigenvalue weighted by molar-refractivity contribution is 1.02. The van der Waals surface area contributed by atoms with Crippen molar-refractivity contribution in [3.05, 3.63) is 70.6 Å². The highest BCUT2D eigenvalue weighted by atomic mass is 32.1. The number of aromatic amines is 1. The molecular weight excluding hydrogens is 264 g/mol. The third-order valence-corrected chi connectivity index (χ3v) is 3.74. The Morgan fingerprint density at radius 3 is 2.45 bits per heavy atom. The molecule has 2 nitrogen and oxygen atoms in total. The van der Waals surface area contributed by atoms with Gasteiger partial charge in [0.2, 0.25) is 0 Å². The molecule has 0 saturated carbocycles. The maximum Gasteiger partial charge on any atom is 0.182 e. The quantitative estimate of drug-likeness (QED) is 0.667. The summed E-state index contributed by atoms with van der Waals surface area (Å²) in [5.41, 5.74) is 5.84. The SMILES string of the molecule is Cc1ccc(-n2c(-c3ccccc3)c[nH]c2=S)c(C)c1. The molecule has 0 bridgehead atoms. The highest BCUT2D eigenvalue weighted by Crippen LogP contribution is 2.25. The van der Waals surface area contributed by atoms with Crippen LogP contribution in [0.1, 0.15) is 11.1 Å². The van der Waals surface area contributed by atoms with Gasteiger partial charge >= 0.3 is 0 Å². The molecule has 0 spiro atoms. The Morgan fingerprint density at radius 2 is 1.75 bits per heavy atom. The zero-order valence-electron chi connectivity index (χ0n) is 11.6. The maximum atomic E-state index is 5.45. The summed E-state index contributed by atoms with van der Waals surface area (Å²) in [6, 6.07) is 16.7. The van der Waals surface area contributed by atoms with Crippen LogP contribution < -0.4 is 0 Å². The van der Waals surface area contributed by atoms with Crippen molar-refractivity contribution in [3.63, 3.8) is 0 Å². The molecule has 1 N–H and O–H groups in total. The number of imidazole rings is 1. The minimum Gasteiger partial charge on any atom is -0.336 e. The smallest absolute Gasteiger partial charge is 0.182 e. The van der Waals surface area contributed by atoms with E-state index in [-0.39, 0.29) is 0 Å². The number of benzene rings is 2. The van der Waals surface area contributed by atoms with Crippen molar-refractivity contribution < 1.29 is 0 Å². The number of rotatable bonds is 2. The fourth-order valence-electron chi connectivity index (χ4n) is 2.49. The van der Waals surface area contributed by atoms with E-state index in [0.29, 0.717) is 0 Å². The molecule has 3 heteroatoms. The monoisotopic (exact) mass is 280 g/mol. The number of H-pyrrole nitrogens is 1. The third kappa shape index (κ3) is 2.21. The predicted molar refractivity (Wildman–Crippen MR) is 85.9 cm³/mol. The molecule has 0 atom stereocenters. The molecule has 3 rings (SSSR count). The van der Waals surface area contributed by atoms with Crippen LogP contribution in [0.3, 0.4) is 0 Å². The zero-order valence-corrected chi connectivity index (χ0v) is 12.4. The summed E-state index contributed by atoms with van der Waals surface area (Å²) in [5.74, 6) is 0. The predicted octanol–water partition coefficient (Wildman–Crippen LogP) is 4.82. The van der Waals surface area contributed by atoms with Crippen LogP contribution in [-0.4, -0.2) is 9.55 Å². The van der Waals surface area contributed by atoms with E-state index >= 15 is 0 Å². The fourth-order valence-corrected chi connectivity index (χ4v) is 2.74. The van der Waals surface area contributed by atoms with Crippen molar-refractivity contribution in [1.82, 2.24) is 9.55 Å². The summed E-state index contributed by atoms with van der Waals surface area (Å²) in [7, 11) is 0. The molecule has 0 aliphatic heterocycles. The molecule has 0 amide bonds. The molecule has 100 valence electrons. The van der Waals surface area contributed by atoms with Crippen LogP contribution in [0.15, 0.2) is 54.7 Å². The van der Waals surface area contributed by atoms with Gasteiger partial charge in [-0.05, 0) is 37.7 Å². The van der Waals surface area contributed by atoms with Gasteiger partial charge < -0.3 is 4.98 Å². The van der Waals surface area contributed by atoms with Gasteiger partial charge in [0.1, 0.15) is 0 Å². The van der Waals surface area contributed by atoms with E-state index in [4.69, 9.17) is 12.2 Å². The molecule has 2 aromatic carbocycles. The standard InChI is InChI=1S/C17H16N2S/c1-12-8-9-15(13(2)10-12)19-16(11-18-17(19)20)14-6-4-3-5-7-14/h3-11H,1-2H3,(H,18,20). The number of aryl methyl sites for hydroxylation is 2. The van der Waals surface area contributed by atoms with Crippen molar-refractivity contribution in [3.8, 4) is 16.9 Å². The van der Waals surface area contributed by atoms with Crippen LogP contribution in [0, 0.1) is 18.6 Å². The molecule has 0 unspecified atom stereocenters. The fraction of sp³-hybridized carbons (Fsp3) is 0.118. The molecule has 0 saturated heterocycles. The summed E-state index contributed by atoms with van der Waals surface area (Å²) >= 11 is 5.45. The second kappa shape index (κ2) is 5.10. The second-order valence-electron chi connectivity index (χ2n) is 4.97. The number of nitrogens with zero attached hydrogens (tertiary/aromatic N) is 1. The highest BCUT2D eigenvalue weighted by molar-refractivity contribution is 7.71. The number of aromatic nitrogens is 2. The number of hydrogen-bond acceptors (Lipinski definition) is 1. The number of hydrogen-bond donors (Lipinski definition) is 1. The van der Waals surface area contributed by atoms with E-state index in [2.05, 4.69) is 53.7 Å². The van der Waals surface area contributed by atoms with Crippen molar-refractivity contribution in [2.45, 2.75) is 13.8 Å². The Balaban J connectivity index is 2.25. The lowest BCUT2D eigenvalue weighted by Crippen LogP contribution is -1.99. The van der Waals surface area contributed by atoms with Crippen molar-refractivity contribution in [1.29, 1.82) is 0 Å². The largest absolute Gasteiger partial charge is 0.336 e. The number of nitrogens with one attached hydrogen (secondary N) is 1. The minimum atomic E-state index is 0.718. The van der Waals surface area contributed by atoms with Crippen LogP contribution in [0.25, 0.3) is 16.9 Å². The van der Waals surface area contributed by atoms with Crippen LogP contribution in [0.2, 0.25) is 0 Å². The maximum absolute atomic E-state index is 5.45. The molecule has 20 heavy (non-hydrogen) atoms. The average Bonchev–Trinajstić information content (AvgIpc) is 2.82.